The van der Waals surface area contributed by atoms with Gasteiger partial charge in [0.25, 0.3) is 0 Å². The van der Waals surface area contributed by atoms with E-state index >= 15 is 0 Å². The van der Waals surface area contributed by atoms with Crippen LogP contribution in [0, 0.1) is 0 Å². The summed E-state index contributed by atoms with van der Waals surface area (Å²) < 4.78 is 5.68. The predicted molar refractivity (Wildman–Crippen MR) is 116 cm³/mol. The van der Waals surface area contributed by atoms with Crippen LogP contribution in [0.4, 0.5) is 0 Å². The first-order valence-electron chi connectivity index (χ1n) is 10.4. The minimum absolute atomic E-state index is 0.0383. The summed E-state index contributed by atoms with van der Waals surface area (Å²) in [6.07, 6.45) is 2.89. The fraction of sp³-hybridized carbons (Fsp3) is 0.417. The second-order valence-electron chi connectivity index (χ2n) is 7.09. The number of carbonyl (C=O) groups excluding carboxylic acids is 2. The molecule has 0 saturated carbocycles. The molecule has 0 aliphatic carbocycles. The molecule has 0 radical (unpaired) electrons. The summed E-state index contributed by atoms with van der Waals surface area (Å²) in [5.41, 5.74) is 1.01. The van der Waals surface area contributed by atoms with Gasteiger partial charge in [-0.15, -0.1) is 0 Å². The van der Waals surface area contributed by atoms with Crippen LogP contribution in [0.15, 0.2) is 60.7 Å². The van der Waals surface area contributed by atoms with Gasteiger partial charge in [0, 0.05) is 19.5 Å². The summed E-state index contributed by atoms with van der Waals surface area (Å²) in [6.45, 7) is 5.40. The van der Waals surface area contributed by atoms with Gasteiger partial charge in [0.15, 0.2) is 0 Å². The lowest BCUT2D eigenvalue weighted by Crippen LogP contribution is -2.47. The maximum Gasteiger partial charge on any atom is 0.242 e. The van der Waals surface area contributed by atoms with Crippen molar-refractivity contribution in [3.05, 3.63) is 66.2 Å². The molecule has 0 bridgehead atoms. The normalized spacial score (nSPS) is 11.5. The minimum atomic E-state index is -0.519. The zero-order chi connectivity index (χ0) is 20.9. The number of unbranched alkanes of at least 4 members (excludes halogenated alkanes) is 1. The minimum Gasteiger partial charge on any atom is -0.494 e. The van der Waals surface area contributed by atoms with Gasteiger partial charge in [-0.05, 0) is 37.5 Å². The summed E-state index contributed by atoms with van der Waals surface area (Å²) >= 11 is 0. The molecule has 2 rings (SSSR count). The van der Waals surface area contributed by atoms with Crippen molar-refractivity contribution in [2.24, 2.45) is 0 Å². The van der Waals surface area contributed by atoms with E-state index in [1.54, 1.807) is 11.8 Å². The smallest absolute Gasteiger partial charge is 0.242 e. The van der Waals surface area contributed by atoms with E-state index in [1.165, 1.54) is 0 Å². The van der Waals surface area contributed by atoms with Crippen LogP contribution in [-0.2, 0) is 16.1 Å². The molecule has 0 unspecified atom stereocenters. The van der Waals surface area contributed by atoms with Crippen molar-refractivity contribution in [2.45, 2.75) is 52.1 Å². The van der Waals surface area contributed by atoms with E-state index in [4.69, 9.17) is 4.74 Å². The molecule has 1 N–H and O–H groups in total. The number of hydrogen-bond donors (Lipinski definition) is 1. The topological polar surface area (TPSA) is 58.6 Å². The van der Waals surface area contributed by atoms with Crippen LogP contribution < -0.4 is 10.1 Å². The lowest BCUT2D eigenvalue weighted by atomic mass is 10.1. The van der Waals surface area contributed by atoms with Gasteiger partial charge in [-0.2, -0.15) is 0 Å². The van der Waals surface area contributed by atoms with E-state index in [1.807, 2.05) is 60.7 Å². The molecular formula is C24H32N2O3. The molecule has 0 aliphatic rings. The third-order valence-electron chi connectivity index (χ3n) is 4.74. The van der Waals surface area contributed by atoms with E-state index < -0.39 is 6.04 Å². The van der Waals surface area contributed by atoms with Crippen molar-refractivity contribution in [2.75, 3.05) is 13.2 Å². The predicted octanol–water partition coefficient (Wildman–Crippen LogP) is 4.18. The molecule has 0 saturated heterocycles. The summed E-state index contributed by atoms with van der Waals surface area (Å²) in [5.74, 6) is 0.650. The highest BCUT2D eigenvalue weighted by Crippen LogP contribution is 2.13. The number of benzene rings is 2. The molecule has 5 heteroatoms. The third-order valence-corrected chi connectivity index (χ3v) is 4.74. The standard InChI is InChI=1S/C24H32N2O3/c1-3-4-17-25-24(28)20(2)26(19-21-12-7-5-8-13-21)23(27)16-11-18-29-22-14-9-6-10-15-22/h5-10,12-15,20H,3-4,11,16-19H2,1-2H3,(H,25,28)/t20-/m1/s1. The molecular weight excluding hydrogens is 364 g/mol. The van der Waals surface area contributed by atoms with E-state index in [0.29, 0.717) is 32.5 Å². The number of nitrogens with zero attached hydrogens (tertiary/aromatic N) is 1. The maximum absolute atomic E-state index is 12.9. The Kier molecular flexibility index (Phi) is 9.76. The van der Waals surface area contributed by atoms with Crippen LogP contribution in [0.1, 0.15) is 45.1 Å². The number of amides is 2. The lowest BCUT2D eigenvalue weighted by molar-refractivity contribution is -0.140. The van der Waals surface area contributed by atoms with Crippen molar-refractivity contribution < 1.29 is 14.3 Å². The monoisotopic (exact) mass is 396 g/mol. The fourth-order valence-electron chi connectivity index (χ4n) is 2.97. The highest BCUT2D eigenvalue weighted by atomic mass is 16.5. The van der Waals surface area contributed by atoms with Gasteiger partial charge in [0.05, 0.1) is 6.61 Å². The largest absolute Gasteiger partial charge is 0.494 e. The average molecular weight is 397 g/mol. The number of nitrogens with one attached hydrogen (secondary N) is 1. The van der Waals surface area contributed by atoms with Crippen molar-refractivity contribution in [1.29, 1.82) is 0 Å². The van der Waals surface area contributed by atoms with Crippen LogP contribution in [0.2, 0.25) is 0 Å². The maximum atomic E-state index is 12.9. The van der Waals surface area contributed by atoms with Gasteiger partial charge in [0.2, 0.25) is 11.8 Å². The van der Waals surface area contributed by atoms with Crippen molar-refractivity contribution >= 4 is 11.8 Å². The molecule has 0 fully saturated rings. The highest BCUT2D eigenvalue weighted by Gasteiger charge is 2.25. The SMILES string of the molecule is CCCCNC(=O)[C@@H](C)N(Cc1ccccc1)C(=O)CCCOc1ccccc1. The molecule has 2 aromatic carbocycles. The highest BCUT2D eigenvalue weighted by molar-refractivity contribution is 5.87. The molecule has 0 spiro atoms. The second-order valence-corrected chi connectivity index (χ2v) is 7.09. The molecule has 0 heterocycles. The molecule has 156 valence electrons. The van der Waals surface area contributed by atoms with Gasteiger partial charge in [0.1, 0.15) is 11.8 Å². The first kappa shape index (κ1) is 22.5. The number of ether oxygens (including phenoxy) is 1. The first-order chi connectivity index (χ1) is 14.1. The Labute approximate surface area is 174 Å². The number of para-hydroxylation sites is 1. The van der Waals surface area contributed by atoms with Gasteiger partial charge < -0.3 is 15.0 Å². The van der Waals surface area contributed by atoms with Crippen LogP contribution in [0.25, 0.3) is 0 Å². The van der Waals surface area contributed by atoms with Crippen LogP contribution in [0.5, 0.6) is 5.75 Å². The Morgan fingerprint density at radius 2 is 1.66 bits per heavy atom. The van der Waals surface area contributed by atoms with Crippen molar-refractivity contribution in [3.63, 3.8) is 0 Å². The molecule has 29 heavy (non-hydrogen) atoms. The molecule has 2 aromatic rings. The Morgan fingerprint density at radius 3 is 2.31 bits per heavy atom. The van der Waals surface area contributed by atoms with Gasteiger partial charge in [-0.1, -0.05) is 61.9 Å². The molecule has 0 aromatic heterocycles. The van der Waals surface area contributed by atoms with Crippen LogP contribution in [-0.4, -0.2) is 35.9 Å². The number of rotatable bonds is 12. The van der Waals surface area contributed by atoms with E-state index in [-0.39, 0.29) is 11.8 Å². The van der Waals surface area contributed by atoms with Gasteiger partial charge in [-0.25, -0.2) is 0 Å². The summed E-state index contributed by atoms with van der Waals surface area (Å²) in [4.78, 5) is 27.1. The number of hydrogen-bond acceptors (Lipinski definition) is 3. The third kappa shape index (κ3) is 7.98. The lowest BCUT2D eigenvalue weighted by Gasteiger charge is -2.29. The van der Waals surface area contributed by atoms with E-state index in [9.17, 15) is 9.59 Å². The Bertz CT molecular complexity index is 734. The zero-order valence-electron chi connectivity index (χ0n) is 17.5. The Morgan fingerprint density at radius 1 is 1.00 bits per heavy atom. The Hall–Kier alpha value is -2.82. The second kappa shape index (κ2) is 12.6. The van der Waals surface area contributed by atoms with Crippen LogP contribution >= 0.6 is 0 Å². The van der Waals surface area contributed by atoms with Crippen molar-refractivity contribution in [1.82, 2.24) is 10.2 Å². The van der Waals surface area contributed by atoms with Gasteiger partial charge >= 0.3 is 0 Å². The van der Waals surface area contributed by atoms with Gasteiger partial charge in [-0.3, -0.25) is 9.59 Å². The van der Waals surface area contributed by atoms with Crippen LogP contribution in [0.3, 0.4) is 0 Å². The summed E-state index contributed by atoms with van der Waals surface area (Å²) in [5, 5.41) is 2.94. The van der Waals surface area contributed by atoms with E-state index in [0.717, 1.165) is 24.2 Å². The fourth-order valence-corrected chi connectivity index (χ4v) is 2.97. The molecule has 2 amide bonds. The van der Waals surface area contributed by atoms with Crippen molar-refractivity contribution in [3.8, 4) is 5.75 Å². The average Bonchev–Trinajstić information content (AvgIpc) is 2.76. The summed E-state index contributed by atoms with van der Waals surface area (Å²) in [6, 6.07) is 18.8. The quantitative estimate of drug-likeness (QED) is 0.548. The molecule has 5 nitrogen and oxygen atoms in total. The number of carbonyl (C=O) groups is 2. The first-order valence-corrected chi connectivity index (χ1v) is 10.4. The zero-order valence-corrected chi connectivity index (χ0v) is 17.5. The van der Waals surface area contributed by atoms with E-state index in [2.05, 4.69) is 12.2 Å². The Balaban J connectivity index is 1.93. The summed E-state index contributed by atoms with van der Waals surface area (Å²) in [7, 11) is 0. The molecule has 0 aliphatic heterocycles. The molecule has 1 atom stereocenters.